The zero-order valence-corrected chi connectivity index (χ0v) is 16.6. The second-order valence-corrected chi connectivity index (χ2v) is 7.68. The molecule has 9 heteroatoms. The predicted molar refractivity (Wildman–Crippen MR) is 107 cm³/mol. The summed E-state index contributed by atoms with van der Waals surface area (Å²) in [5.74, 6) is 0.674. The Balaban J connectivity index is 1.67. The second kappa shape index (κ2) is 6.94. The molecule has 5 nitrogen and oxygen atoms in total. The number of thiazole rings is 1. The van der Waals surface area contributed by atoms with Crippen LogP contribution in [0.5, 0.6) is 5.75 Å². The summed E-state index contributed by atoms with van der Waals surface area (Å²) in [5, 5.41) is 6.23. The van der Waals surface area contributed by atoms with Gasteiger partial charge < -0.3 is 4.74 Å². The van der Waals surface area contributed by atoms with Crippen molar-refractivity contribution in [1.82, 2.24) is 19.7 Å². The Morgan fingerprint density at radius 3 is 2.70 bits per heavy atom. The molecule has 3 aromatic heterocycles. The lowest BCUT2D eigenvalue weighted by Gasteiger charge is -2.17. The zero-order chi connectivity index (χ0) is 20.9. The fraction of sp³-hybridized carbons (Fsp3) is 0.190. The quantitative estimate of drug-likeness (QED) is 0.451. The van der Waals surface area contributed by atoms with Crippen molar-refractivity contribution >= 4 is 11.3 Å². The molecule has 0 saturated carbocycles. The van der Waals surface area contributed by atoms with E-state index in [1.54, 1.807) is 49.0 Å². The smallest absolute Gasteiger partial charge is 0.433 e. The number of benzene rings is 1. The molecule has 4 aromatic rings. The summed E-state index contributed by atoms with van der Waals surface area (Å²) in [6, 6.07) is 10.7. The van der Waals surface area contributed by atoms with Crippen molar-refractivity contribution < 1.29 is 17.9 Å². The van der Waals surface area contributed by atoms with Gasteiger partial charge in [0, 0.05) is 22.7 Å². The van der Waals surface area contributed by atoms with Gasteiger partial charge in [-0.15, -0.1) is 11.3 Å². The van der Waals surface area contributed by atoms with Crippen LogP contribution >= 0.6 is 11.3 Å². The number of pyridine rings is 1. The Bertz CT molecular complexity index is 1230. The number of methoxy groups -OCH3 is 1. The number of alkyl halides is 3. The van der Waals surface area contributed by atoms with Crippen LogP contribution < -0.4 is 4.74 Å². The number of fused-ring (bicyclic) bond motifs is 3. The van der Waals surface area contributed by atoms with Gasteiger partial charge in [0.25, 0.3) is 0 Å². The van der Waals surface area contributed by atoms with E-state index < -0.39 is 11.9 Å². The lowest BCUT2D eigenvalue weighted by molar-refractivity contribution is -0.143. The van der Waals surface area contributed by atoms with Gasteiger partial charge in [-0.3, -0.25) is 4.98 Å². The van der Waals surface area contributed by atoms with Crippen molar-refractivity contribution in [2.45, 2.75) is 19.0 Å². The number of hydrogen-bond donors (Lipinski definition) is 0. The molecule has 0 N–H and O–H groups in total. The van der Waals surface area contributed by atoms with Crippen LogP contribution in [0.1, 0.15) is 16.8 Å². The molecule has 1 aliphatic carbocycles. The average molecular weight is 428 g/mol. The van der Waals surface area contributed by atoms with E-state index in [-0.39, 0.29) is 17.1 Å². The van der Waals surface area contributed by atoms with Crippen molar-refractivity contribution in [3.63, 3.8) is 0 Å². The molecule has 0 saturated heterocycles. The highest BCUT2D eigenvalue weighted by Gasteiger charge is 2.42. The van der Waals surface area contributed by atoms with Gasteiger partial charge in [0.2, 0.25) is 5.13 Å². The van der Waals surface area contributed by atoms with E-state index in [1.807, 2.05) is 6.07 Å². The molecule has 0 bridgehead atoms. The van der Waals surface area contributed by atoms with E-state index in [0.29, 0.717) is 34.8 Å². The first kappa shape index (κ1) is 18.8. The molecule has 5 rings (SSSR count). The number of aryl methyl sites for hydroxylation is 1. The standard InChI is InChI=1S/C21H15F3N4OS/c1-29-13-6-8-14-12(10-13)5-7-15-18(14)27-28(19(15)21(22,23)24)20-26-17(11-30-20)16-4-2-3-9-25-16/h2-4,6,8-11H,5,7H2,1H3. The fourth-order valence-electron chi connectivity index (χ4n) is 3.72. The molecule has 0 radical (unpaired) electrons. The minimum absolute atomic E-state index is 0.160. The minimum Gasteiger partial charge on any atom is -0.497 e. The lowest BCUT2D eigenvalue weighted by atomic mass is 9.89. The first-order valence-corrected chi connectivity index (χ1v) is 10.1. The van der Waals surface area contributed by atoms with Gasteiger partial charge >= 0.3 is 6.18 Å². The molecular formula is C21H15F3N4OS. The highest BCUT2D eigenvalue weighted by molar-refractivity contribution is 7.12. The highest BCUT2D eigenvalue weighted by Crippen LogP contribution is 2.43. The van der Waals surface area contributed by atoms with E-state index in [4.69, 9.17) is 4.74 Å². The maximum Gasteiger partial charge on any atom is 0.433 e. The number of hydrogen-bond acceptors (Lipinski definition) is 5. The summed E-state index contributed by atoms with van der Waals surface area (Å²) in [5.41, 5.74) is 2.53. The Morgan fingerprint density at radius 2 is 1.97 bits per heavy atom. The van der Waals surface area contributed by atoms with Crippen LogP contribution in [-0.4, -0.2) is 26.9 Å². The van der Waals surface area contributed by atoms with E-state index in [2.05, 4.69) is 15.1 Å². The summed E-state index contributed by atoms with van der Waals surface area (Å²) >= 11 is 1.11. The highest BCUT2D eigenvalue weighted by atomic mass is 32.1. The van der Waals surface area contributed by atoms with Crippen LogP contribution in [0.2, 0.25) is 0 Å². The first-order chi connectivity index (χ1) is 14.5. The summed E-state index contributed by atoms with van der Waals surface area (Å²) in [7, 11) is 1.56. The molecule has 0 aliphatic heterocycles. The Labute approximate surface area is 173 Å². The summed E-state index contributed by atoms with van der Waals surface area (Å²) in [4.78, 5) is 8.61. The third-order valence-corrected chi connectivity index (χ3v) is 5.88. The molecule has 3 heterocycles. The monoisotopic (exact) mass is 428 g/mol. The third-order valence-electron chi connectivity index (χ3n) is 5.06. The van der Waals surface area contributed by atoms with E-state index in [9.17, 15) is 13.2 Å². The topological polar surface area (TPSA) is 52.8 Å². The average Bonchev–Trinajstić information content (AvgIpc) is 3.38. The minimum atomic E-state index is -4.55. The van der Waals surface area contributed by atoms with Gasteiger partial charge in [-0.25, -0.2) is 9.67 Å². The van der Waals surface area contributed by atoms with Crippen LogP contribution in [-0.2, 0) is 19.0 Å². The Kier molecular flexibility index (Phi) is 4.35. The van der Waals surface area contributed by atoms with Crippen molar-refractivity contribution in [2.24, 2.45) is 0 Å². The van der Waals surface area contributed by atoms with Crippen molar-refractivity contribution in [3.05, 3.63) is 64.8 Å². The Hall–Kier alpha value is -3.20. The van der Waals surface area contributed by atoms with Crippen LogP contribution in [0, 0.1) is 0 Å². The van der Waals surface area contributed by atoms with E-state index in [1.165, 1.54) is 0 Å². The van der Waals surface area contributed by atoms with Gasteiger partial charge in [0.15, 0.2) is 5.69 Å². The van der Waals surface area contributed by atoms with Gasteiger partial charge in [0.1, 0.15) is 11.4 Å². The van der Waals surface area contributed by atoms with Crippen LogP contribution in [0.4, 0.5) is 13.2 Å². The number of nitrogens with zero attached hydrogens (tertiary/aromatic N) is 4. The predicted octanol–water partition coefficient (Wildman–Crippen LogP) is 5.18. The van der Waals surface area contributed by atoms with Crippen molar-refractivity contribution in [1.29, 1.82) is 0 Å². The number of aromatic nitrogens is 4. The molecule has 0 atom stereocenters. The maximum atomic E-state index is 14.1. The normalized spacial score (nSPS) is 13.1. The summed E-state index contributed by atoms with van der Waals surface area (Å²) in [6.45, 7) is 0. The second-order valence-electron chi connectivity index (χ2n) is 6.84. The number of ether oxygens (including phenoxy) is 1. The summed E-state index contributed by atoms with van der Waals surface area (Å²) < 4.78 is 48.4. The van der Waals surface area contributed by atoms with E-state index >= 15 is 0 Å². The van der Waals surface area contributed by atoms with Crippen LogP contribution in [0.3, 0.4) is 0 Å². The van der Waals surface area contributed by atoms with Crippen molar-refractivity contribution in [3.8, 4) is 33.5 Å². The summed E-state index contributed by atoms with van der Waals surface area (Å²) in [6.07, 6.45) is -2.19. The van der Waals surface area contributed by atoms with Crippen molar-refractivity contribution in [2.75, 3.05) is 7.11 Å². The molecule has 30 heavy (non-hydrogen) atoms. The molecule has 0 fully saturated rings. The Morgan fingerprint density at radius 1 is 1.10 bits per heavy atom. The molecule has 1 aromatic carbocycles. The lowest BCUT2D eigenvalue weighted by Crippen LogP contribution is -2.16. The SMILES string of the molecule is COc1ccc2c(c1)CCc1c-2nn(-c2nc(-c3ccccn3)cs2)c1C(F)(F)F. The van der Waals surface area contributed by atoms with Gasteiger partial charge in [-0.2, -0.15) is 18.3 Å². The fourth-order valence-corrected chi connectivity index (χ4v) is 4.49. The van der Waals surface area contributed by atoms with Gasteiger partial charge in [0.05, 0.1) is 18.5 Å². The zero-order valence-electron chi connectivity index (χ0n) is 15.8. The maximum absolute atomic E-state index is 14.1. The third kappa shape index (κ3) is 3.06. The largest absolute Gasteiger partial charge is 0.497 e. The molecule has 0 unspecified atom stereocenters. The van der Waals surface area contributed by atoms with Gasteiger partial charge in [-0.05, 0) is 48.7 Å². The van der Waals surface area contributed by atoms with Crippen LogP contribution in [0.25, 0.3) is 27.8 Å². The molecule has 0 amide bonds. The van der Waals surface area contributed by atoms with Gasteiger partial charge in [-0.1, -0.05) is 6.07 Å². The molecule has 0 spiro atoms. The van der Waals surface area contributed by atoms with Crippen LogP contribution in [0.15, 0.2) is 48.0 Å². The molecule has 1 aliphatic rings. The number of halogens is 3. The molecular weight excluding hydrogens is 413 g/mol. The molecule has 152 valence electrons. The van der Waals surface area contributed by atoms with E-state index in [0.717, 1.165) is 21.6 Å². The number of rotatable bonds is 3. The first-order valence-electron chi connectivity index (χ1n) is 9.19.